The van der Waals surface area contributed by atoms with Gasteiger partial charge in [-0.25, -0.2) is 0 Å². The normalized spacial score (nSPS) is 16.7. The molecule has 1 aliphatic rings. The average molecular weight is 261 g/mol. The smallest absolute Gasteiger partial charge is 0.372 e. The molecule has 3 nitrogen and oxygen atoms in total. The molecule has 18 heavy (non-hydrogen) atoms. The van der Waals surface area contributed by atoms with E-state index in [0.29, 0.717) is 13.2 Å². The summed E-state index contributed by atoms with van der Waals surface area (Å²) in [4.78, 5) is 0. The fourth-order valence-electron chi connectivity index (χ4n) is 1.82. The van der Waals surface area contributed by atoms with Gasteiger partial charge in [0.1, 0.15) is 6.61 Å². The fraction of sp³-hybridized carbons (Fsp3) is 0.500. The average Bonchev–Trinajstić information content (AvgIpc) is 2.73. The Labute approximate surface area is 103 Å². The zero-order valence-corrected chi connectivity index (χ0v) is 9.67. The minimum Gasteiger partial charge on any atom is -0.372 e. The molecule has 1 aliphatic heterocycles. The second kappa shape index (κ2) is 5.26. The summed E-state index contributed by atoms with van der Waals surface area (Å²) in [5.74, 6) is 0. The summed E-state index contributed by atoms with van der Waals surface area (Å²) >= 11 is 0. The largest absolute Gasteiger partial charge is 0.411 e. The van der Waals surface area contributed by atoms with Gasteiger partial charge in [-0.15, -0.1) is 0 Å². The molecule has 1 unspecified atom stereocenters. The number of nitrogens with two attached hydrogens (primary N) is 1. The van der Waals surface area contributed by atoms with Gasteiger partial charge in [0.2, 0.25) is 0 Å². The van der Waals surface area contributed by atoms with Crippen molar-refractivity contribution in [3.63, 3.8) is 0 Å². The molecule has 2 rings (SSSR count). The minimum absolute atomic E-state index is 0.154. The van der Waals surface area contributed by atoms with Gasteiger partial charge in [0.25, 0.3) is 0 Å². The van der Waals surface area contributed by atoms with Crippen molar-refractivity contribution in [3.8, 4) is 0 Å². The van der Waals surface area contributed by atoms with E-state index in [-0.39, 0.29) is 6.61 Å². The van der Waals surface area contributed by atoms with Crippen molar-refractivity contribution in [2.45, 2.75) is 25.4 Å². The molecule has 0 fully saturated rings. The number of alkyl halides is 3. The molecule has 0 amide bonds. The summed E-state index contributed by atoms with van der Waals surface area (Å²) in [5, 5.41) is 0. The number of benzene rings is 1. The van der Waals surface area contributed by atoms with Gasteiger partial charge in [-0.2, -0.15) is 13.2 Å². The van der Waals surface area contributed by atoms with Gasteiger partial charge in [0, 0.05) is 0 Å². The molecule has 0 bridgehead atoms. The lowest BCUT2D eigenvalue weighted by atomic mass is 10.0. The van der Waals surface area contributed by atoms with Gasteiger partial charge in [0.15, 0.2) is 0 Å². The predicted octanol–water partition coefficient (Wildman–Crippen LogP) is 2.30. The van der Waals surface area contributed by atoms with Crippen LogP contribution in [0.5, 0.6) is 0 Å². The SMILES string of the molecule is NC(COCC(F)(F)F)c1ccc2c(c1)COC2. The lowest BCUT2D eigenvalue weighted by molar-refractivity contribution is -0.174. The Hall–Kier alpha value is -1.11. The van der Waals surface area contributed by atoms with E-state index in [1.54, 1.807) is 6.07 Å². The second-order valence-corrected chi connectivity index (χ2v) is 4.26. The van der Waals surface area contributed by atoms with Gasteiger partial charge in [-0.3, -0.25) is 0 Å². The van der Waals surface area contributed by atoms with Crippen LogP contribution in [0.4, 0.5) is 13.2 Å². The third-order valence-corrected chi connectivity index (χ3v) is 2.74. The molecule has 0 saturated carbocycles. The first-order valence-corrected chi connectivity index (χ1v) is 5.55. The fourth-order valence-corrected chi connectivity index (χ4v) is 1.82. The van der Waals surface area contributed by atoms with Crippen LogP contribution in [0, 0.1) is 0 Å². The van der Waals surface area contributed by atoms with Crippen molar-refractivity contribution in [1.82, 2.24) is 0 Å². The maximum absolute atomic E-state index is 11.9. The topological polar surface area (TPSA) is 44.5 Å². The Morgan fingerprint density at radius 2 is 2.00 bits per heavy atom. The molecule has 0 aliphatic carbocycles. The van der Waals surface area contributed by atoms with E-state index >= 15 is 0 Å². The van der Waals surface area contributed by atoms with Crippen molar-refractivity contribution in [1.29, 1.82) is 0 Å². The second-order valence-electron chi connectivity index (χ2n) is 4.26. The van der Waals surface area contributed by atoms with Crippen molar-refractivity contribution in [3.05, 3.63) is 34.9 Å². The minimum atomic E-state index is -4.31. The molecular formula is C12H14F3NO2. The number of ether oxygens (including phenoxy) is 2. The van der Waals surface area contributed by atoms with Crippen LogP contribution in [-0.4, -0.2) is 19.4 Å². The first-order valence-electron chi connectivity index (χ1n) is 5.55. The van der Waals surface area contributed by atoms with Crippen LogP contribution in [0.1, 0.15) is 22.7 Å². The molecule has 2 N–H and O–H groups in total. The van der Waals surface area contributed by atoms with E-state index in [9.17, 15) is 13.2 Å². The molecular weight excluding hydrogens is 247 g/mol. The highest BCUT2D eigenvalue weighted by Crippen LogP contribution is 2.23. The number of rotatable bonds is 4. The quantitative estimate of drug-likeness (QED) is 0.904. The molecule has 1 aromatic carbocycles. The van der Waals surface area contributed by atoms with Crippen LogP contribution in [0.15, 0.2) is 18.2 Å². The van der Waals surface area contributed by atoms with Gasteiger partial charge >= 0.3 is 6.18 Å². The van der Waals surface area contributed by atoms with E-state index in [2.05, 4.69) is 4.74 Å². The molecule has 100 valence electrons. The Bertz CT molecular complexity index is 420. The molecule has 0 aromatic heterocycles. The molecule has 1 heterocycles. The molecule has 0 saturated heterocycles. The summed E-state index contributed by atoms with van der Waals surface area (Å²) in [6.07, 6.45) is -4.31. The molecule has 0 spiro atoms. The summed E-state index contributed by atoms with van der Waals surface area (Å²) in [7, 11) is 0. The number of hydrogen-bond acceptors (Lipinski definition) is 3. The Kier molecular flexibility index (Phi) is 3.89. The van der Waals surface area contributed by atoms with Crippen molar-refractivity contribution < 1.29 is 22.6 Å². The standard InChI is InChI=1S/C12H14F3NO2/c13-12(14,15)7-18-6-11(16)8-1-2-9-4-17-5-10(9)3-8/h1-3,11H,4-7,16H2. The van der Waals surface area contributed by atoms with Crippen molar-refractivity contribution >= 4 is 0 Å². The maximum atomic E-state index is 11.9. The Balaban J connectivity index is 1.91. The van der Waals surface area contributed by atoms with Crippen LogP contribution < -0.4 is 5.73 Å². The monoisotopic (exact) mass is 261 g/mol. The van der Waals surface area contributed by atoms with Gasteiger partial charge in [-0.05, 0) is 16.7 Å². The summed E-state index contributed by atoms with van der Waals surface area (Å²) < 4.78 is 45.5. The Morgan fingerprint density at radius 1 is 1.28 bits per heavy atom. The van der Waals surface area contributed by atoms with E-state index in [0.717, 1.165) is 16.7 Å². The summed E-state index contributed by atoms with van der Waals surface area (Å²) in [6, 6.07) is 5.00. The highest BCUT2D eigenvalue weighted by Gasteiger charge is 2.27. The van der Waals surface area contributed by atoms with Gasteiger partial charge in [-0.1, -0.05) is 18.2 Å². The first kappa shape index (κ1) is 13.3. The zero-order valence-electron chi connectivity index (χ0n) is 9.67. The zero-order chi connectivity index (χ0) is 13.2. The predicted molar refractivity (Wildman–Crippen MR) is 58.7 cm³/mol. The van der Waals surface area contributed by atoms with Crippen molar-refractivity contribution in [2.75, 3.05) is 13.2 Å². The number of halogens is 3. The van der Waals surface area contributed by atoms with E-state index in [4.69, 9.17) is 10.5 Å². The van der Waals surface area contributed by atoms with Crippen molar-refractivity contribution in [2.24, 2.45) is 5.73 Å². The van der Waals surface area contributed by atoms with E-state index < -0.39 is 18.8 Å². The highest BCUT2D eigenvalue weighted by molar-refractivity contribution is 5.34. The Morgan fingerprint density at radius 3 is 2.72 bits per heavy atom. The lowest BCUT2D eigenvalue weighted by Gasteiger charge is -2.14. The van der Waals surface area contributed by atoms with Crippen LogP contribution in [0.2, 0.25) is 0 Å². The van der Waals surface area contributed by atoms with Crippen LogP contribution in [-0.2, 0) is 22.7 Å². The summed E-state index contributed by atoms with van der Waals surface area (Å²) in [6.45, 7) is -0.317. The van der Waals surface area contributed by atoms with Crippen LogP contribution in [0.25, 0.3) is 0 Å². The third kappa shape index (κ3) is 3.44. The molecule has 0 radical (unpaired) electrons. The van der Waals surface area contributed by atoms with E-state index in [1.807, 2.05) is 12.1 Å². The van der Waals surface area contributed by atoms with E-state index in [1.165, 1.54) is 0 Å². The highest BCUT2D eigenvalue weighted by atomic mass is 19.4. The lowest BCUT2D eigenvalue weighted by Crippen LogP contribution is -2.23. The first-order chi connectivity index (χ1) is 8.46. The number of hydrogen-bond donors (Lipinski definition) is 1. The number of fused-ring (bicyclic) bond motifs is 1. The summed E-state index contributed by atoms with van der Waals surface area (Å²) in [5.41, 5.74) is 8.69. The third-order valence-electron chi connectivity index (χ3n) is 2.74. The van der Waals surface area contributed by atoms with Gasteiger partial charge < -0.3 is 15.2 Å². The van der Waals surface area contributed by atoms with Crippen LogP contribution >= 0.6 is 0 Å². The molecule has 1 aromatic rings. The molecule has 1 atom stereocenters. The van der Waals surface area contributed by atoms with Gasteiger partial charge in [0.05, 0.1) is 25.9 Å². The molecule has 6 heteroatoms. The van der Waals surface area contributed by atoms with Crippen LogP contribution in [0.3, 0.4) is 0 Å². The maximum Gasteiger partial charge on any atom is 0.411 e.